The van der Waals surface area contributed by atoms with E-state index in [9.17, 15) is 9.59 Å². The molecule has 0 fully saturated rings. The monoisotopic (exact) mass is 378 g/mol. The van der Waals surface area contributed by atoms with Crippen molar-refractivity contribution in [1.29, 1.82) is 0 Å². The maximum atomic E-state index is 11.6. The van der Waals surface area contributed by atoms with E-state index in [0.717, 1.165) is 25.7 Å². The first-order chi connectivity index (χ1) is 13.2. The van der Waals surface area contributed by atoms with Crippen molar-refractivity contribution >= 4 is 11.9 Å². The molecule has 0 aromatic carbocycles. The van der Waals surface area contributed by atoms with Crippen LogP contribution in [0.25, 0.3) is 0 Å². The van der Waals surface area contributed by atoms with Gasteiger partial charge in [0.2, 0.25) is 0 Å². The molecule has 0 unspecified atom stereocenters. The van der Waals surface area contributed by atoms with Crippen LogP contribution in [-0.4, -0.2) is 11.9 Å². The molecule has 0 saturated heterocycles. The average Bonchev–Trinajstić information content (AvgIpc) is 2.65. The number of esters is 2. The summed E-state index contributed by atoms with van der Waals surface area (Å²) in [5, 5.41) is 0. The Labute approximate surface area is 167 Å². The van der Waals surface area contributed by atoms with Gasteiger partial charge < -0.3 is 4.74 Å². The topological polar surface area (TPSA) is 43.4 Å². The van der Waals surface area contributed by atoms with Gasteiger partial charge in [-0.3, -0.25) is 0 Å². The summed E-state index contributed by atoms with van der Waals surface area (Å²) in [6.45, 7) is 4.45. The van der Waals surface area contributed by atoms with Crippen LogP contribution in [0.3, 0.4) is 0 Å². The normalized spacial score (nSPS) is 11.5. The maximum Gasteiger partial charge on any atom is 0.338 e. The predicted octanol–water partition coefficient (Wildman–Crippen LogP) is 7.45. The third-order valence-corrected chi connectivity index (χ3v) is 4.66. The van der Waals surface area contributed by atoms with E-state index >= 15 is 0 Å². The largest absolute Gasteiger partial charge is 0.387 e. The molecule has 0 bridgehead atoms. The summed E-state index contributed by atoms with van der Waals surface area (Å²) >= 11 is 0. The van der Waals surface area contributed by atoms with E-state index in [4.69, 9.17) is 4.74 Å². The molecule has 0 saturated carbocycles. The van der Waals surface area contributed by atoms with Gasteiger partial charge in [0.1, 0.15) is 0 Å². The number of carbonyl (C=O) groups is 2. The van der Waals surface area contributed by atoms with Crippen LogP contribution in [0.4, 0.5) is 0 Å². The lowest BCUT2D eigenvalue weighted by Crippen LogP contribution is -2.06. The number of hydrogen-bond acceptors (Lipinski definition) is 3. The van der Waals surface area contributed by atoms with Crippen molar-refractivity contribution in [1.82, 2.24) is 0 Å². The van der Waals surface area contributed by atoms with Crippen molar-refractivity contribution in [2.75, 3.05) is 0 Å². The van der Waals surface area contributed by atoms with Crippen LogP contribution in [0.5, 0.6) is 0 Å². The SMILES string of the molecule is CCCCCCCCCC=CC(=O)OC(=O)C=CCCCCCCCCC. The van der Waals surface area contributed by atoms with Crippen LogP contribution in [-0.2, 0) is 14.3 Å². The van der Waals surface area contributed by atoms with Crippen molar-refractivity contribution in [3.63, 3.8) is 0 Å². The molecule has 0 rings (SSSR count). The van der Waals surface area contributed by atoms with Gasteiger partial charge in [-0.15, -0.1) is 0 Å². The first-order valence-electron chi connectivity index (χ1n) is 11.3. The second-order valence-electron chi connectivity index (χ2n) is 7.36. The van der Waals surface area contributed by atoms with E-state index in [1.807, 2.05) is 12.2 Å². The van der Waals surface area contributed by atoms with Crippen LogP contribution in [0.15, 0.2) is 24.3 Å². The molecule has 0 spiro atoms. The zero-order chi connectivity index (χ0) is 20.0. The second kappa shape index (κ2) is 20.9. The minimum atomic E-state index is -0.566. The Morgan fingerprint density at radius 1 is 0.556 bits per heavy atom. The van der Waals surface area contributed by atoms with Crippen LogP contribution in [0.2, 0.25) is 0 Å². The number of rotatable bonds is 18. The number of hydrogen-bond donors (Lipinski definition) is 0. The molecule has 3 nitrogen and oxygen atoms in total. The zero-order valence-corrected chi connectivity index (χ0v) is 17.8. The van der Waals surface area contributed by atoms with Gasteiger partial charge >= 0.3 is 11.9 Å². The Morgan fingerprint density at radius 2 is 0.889 bits per heavy atom. The Hall–Kier alpha value is -1.38. The summed E-state index contributed by atoms with van der Waals surface area (Å²) in [7, 11) is 0. The Balaban J connectivity index is 3.55. The molecule has 0 aromatic rings. The van der Waals surface area contributed by atoms with Gasteiger partial charge in [0.05, 0.1) is 0 Å². The van der Waals surface area contributed by atoms with Gasteiger partial charge in [0.25, 0.3) is 0 Å². The molecule has 0 atom stereocenters. The quantitative estimate of drug-likeness (QED) is 0.108. The molecule has 3 heteroatoms. The average molecular weight is 379 g/mol. The highest BCUT2D eigenvalue weighted by atomic mass is 16.6. The van der Waals surface area contributed by atoms with E-state index in [1.54, 1.807) is 0 Å². The summed E-state index contributed by atoms with van der Waals surface area (Å²) in [6, 6.07) is 0. The van der Waals surface area contributed by atoms with Crippen molar-refractivity contribution in [2.24, 2.45) is 0 Å². The molecule has 0 radical (unpaired) electrons. The number of ether oxygens (including phenoxy) is 1. The molecular formula is C24H42O3. The molecule has 0 aliphatic heterocycles. The van der Waals surface area contributed by atoms with Gasteiger partial charge in [-0.25, -0.2) is 9.59 Å². The molecular weight excluding hydrogens is 336 g/mol. The Morgan fingerprint density at radius 3 is 1.26 bits per heavy atom. The Kier molecular flexibility index (Phi) is 19.9. The highest BCUT2D eigenvalue weighted by molar-refractivity contribution is 5.96. The standard InChI is InChI=1S/C24H42O3/c1-3-5-7-9-11-13-15-17-19-21-23(25)27-24(26)22-20-18-16-14-12-10-8-6-4-2/h19-22H,3-18H2,1-2H3. The molecule has 0 aliphatic rings. The van der Waals surface area contributed by atoms with Crippen molar-refractivity contribution in [3.05, 3.63) is 24.3 Å². The fourth-order valence-corrected chi connectivity index (χ4v) is 2.96. The lowest BCUT2D eigenvalue weighted by atomic mass is 10.1. The first-order valence-corrected chi connectivity index (χ1v) is 11.3. The summed E-state index contributed by atoms with van der Waals surface area (Å²) in [4.78, 5) is 23.1. The van der Waals surface area contributed by atoms with Crippen molar-refractivity contribution < 1.29 is 14.3 Å². The molecule has 27 heavy (non-hydrogen) atoms. The lowest BCUT2D eigenvalue weighted by molar-refractivity contribution is -0.152. The van der Waals surface area contributed by atoms with Gasteiger partial charge in [-0.05, 0) is 25.7 Å². The smallest absolute Gasteiger partial charge is 0.338 e. The van der Waals surface area contributed by atoms with E-state index in [0.29, 0.717) is 0 Å². The van der Waals surface area contributed by atoms with E-state index in [1.165, 1.54) is 89.2 Å². The van der Waals surface area contributed by atoms with E-state index < -0.39 is 11.9 Å². The van der Waals surface area contributed by atoms with Crippen LogP contribution < -0.4 is 0 Å². The molecule has 156 valence electrons. The number of carbonyl (C=O) groups excluding carboxylic acids is 2. The molecule has 0 aromatic heterocycles. The van der Waals surface area contributed by atoms with Crippen molar-refractivity contribution in [2.45, 2.75) is 117 Å². The van der Waals surface area contributed by atoms with Crippen LogP contribution in [0.1, 0.15) is 117 Å². The second-order valence-corrected chi connectivity index (χ2v) is 7.36. The molecule has 0 aliphatic carbocycles. The highest BCUT2D eigenvalue weighted by Gasteiger charge is 2.02. The van der Waals surface area contributed by atoms with Gasteiger partial charge in [-0.1, -0.05) is 103 Å². The minimum absolute atomic E-state index is 0.566. The first kappa shape index (κ1) is 25.6. The predicted molar refractivity (Wildman–Crippen MR) is 115 cm³/mol. The summed E-state index contributed by atoms with van der Waals surface area (Å²) in [5.74, 6) is -1.13. The third-order valence-electron chi connectivity index (χ3n) is 4.66. The minimum Gasteiger partial charge on any atom is -0.387 e. The summed E-state index contributed by atoms with van der Waals surface area (Å²) < 4.78 is 4.74. The molecule has 0 amide bonds. The summed E-state index contributed by atoms with van der Waals surface area (Å²) in [5.41, 5.74) is 0. The molecule has 0 N–H and O–H groups in total. The Bertz CT molecular complexity index is 372. The zero-order valence-electron chi connectivity index (χ0n) is 17.8. The lowest BCUT2D eigenvalue weighted by Gasteiger charge is -1.99. The summed E-state index contributed by atoms with van der Waals surface area (Å²) in [6.07, 6.45) is 25.7. The fourth-order valence-electron chi connectivity index (χ4n) is 2.96. The maximum absolute atomic E-state index is 11.6. The van der Waals surface area contributed by atoms with E-state index in [2.05, 4.69) is 13.8 Å². The third kappa shape index (κ3) is 20.8. The van der Waals surface area contributed by atoms with Gasteiger partial charge in [-0.2, -0.15) is 0 Å². The van der Waals surface area contributed by atoms with Gasteiger partial charge in [0, 0.05) is 12.2 Å². The van der Waals surface area contributed by atoms with E-state index in [-0.39, 0.29) is 0 Å². The number of unbranched alkanes of at least 4 members (excludes halogenated alkanes) is 14. The number of allylic oxidation sites excluding steroid dienone is 2. The van der Waals surface area contributed by atoms with Crippen LogP contribution in [0, 0.1) is 0 Å². The van der Waals surface area contributed by atoms with Crippen LogP contribution >= 0.6 is 0 Å². The van der Waals surface area contributed by atoms with Gasteiger partial charge in [0.15, 0.2) is 0 Å². The molecule has 0 heterocycles. The highest BCUT2D eigenvalue weighted by Crippen LogP contribution is 2.09. The van der Waals surface area contributed by atoms with Crippen molar-refractivity contribution in [3.8, 4) is 0 Å². The fraction of sp³-hybridized carbons (Fsp3) is 0.750.